The normalized spacial score (nSPS) is 15.4. The van der Waals surface area contributed by atoms with E-state index in [1.165, 1.54) is 0 Å². The van der Waals surface area contributed by atoms with Crippen LogP contribution >= 0.6 is 0 Å². The standard InChI is InChI=1S/C22H22N4O2S/c1-15-9-10-16(2)19(13-15)29(27,28)20(14-23)21-22(26-11-5-6-12-26)25-18-8-4-3-7-17(18)24-21/h3-4,7-10,13,20H,5-6,11-12H2,1-2H3/t20-/m0/s1. The van der Waals surface area contributed by atoms with E-state index in [9.17, 15) is 13.7 Å². The zero-order valence-corrected chi connectivity index (χ0v) is 17.3. The van der Waals surface area contributed by atoms with Crippen molar-refractivity contribution < 1.29 is 8.42 Å². The Morgan fingerprint density at radius 2 is 1.69 bits per heavy atom. The fraction of sp³-hybridized carbons (Fsp3) is 0.318. The molecule has 0 amide bonds. The average molecular weight is 407 g/mol. The number of sulfone groups is 1. The van der Waals surface area contributed by atoms with Crippen LogP contribution < -0.4 is 4.90 Å². The van der Waals surface area contributed by atoms with Crippen molar-refractivity contribution in [2.24, 2.45) is 0 Å². The predicted octanol–water partition coefficient (Wildman–Crippen LogP) is 3.89. The topological polar surface area (TPSA) is 86.9 Å². The summed E-state index contributed by atoms with van der Waals surface area (Å²) in [6.07, 6.45) is 2.02. The van der Waals surface area contributed by atoms with Crippen LogP contribution in [0.5, 0.6) is 0 Å². The van der Waals surface area contributed by atoms with Crippen LogP contribution in [0.3, 0.4) is 0 Å². The molecule has 7 heteroatoms. The number of aromatic nitrogens is 2. The van der Waals surface area contributed by atoms with E-state index in [1.54, 1.807) is 25.1 Å². The number of hydrogen-bond donors (Lipinski definition) is 0. The van der Waals surface area contributed by atoms with Crippen LogP contribution in [0.15, 0.2) is 47.4 Å². The molecule has 148 valence electrons. The molecular formula is C22H22N4O2S. The fourth-order valence-electron chi connectivity index (χ4n) is 3.76. The van der Waals surface area contributed by atoms with E-state index in [-0.39, 0.29) is 10.6 Å². The second kappa shape index (κ2) is 7.45. The Kier molecular flexibility index (Phi) is 4.97. The molecule has 4 rings (SSSR count). The Balaban J connectivity index is 1.94. The minimum Gasteiger partial charge on any atom is -0.355 e. The molecule has 0 saturated carbocycles. The lowest BCUT2D eigenvalue weighted by atomic mass is 10.2. The van der Waals surface area contributed by atoms with Gasteiger partial charge in [-0.2, -0.15) is 5.26 Å². The molecule has 0 unspecified atom stereocenters. The van der Waals surface area contributed by atoms with Crippen molar-refractivity contribution in [3.63, 3.8) is 0 Å². The number of nitriles is 1. The smallest absolute Gasteiger partial charge is 0.200 e. The van der Waals surface area contributed by atoms with Crippen LogP contribution in [0, 0.1) is 25.2 Å². The molecule has 2 aromatic carbocycles. The number of fused-ring (bicyclic) bond motifs is 1. The van der Waals surface area contributed by atoms with Gasteiger partial charge in [-0.15, -0.1) is 0 Å². The molecule has 1 aliphatic heterocycles. The first-order valence-electron chi connectivity index (χ1n) is 9.64. The molecule has 0 aliphatic carbocycles. The second-order valence-electron chi connectivity index (χ2n) is 7.44. The highest BCUT2D eigenvalue weighted by molar-refractivity contribution is 7.92. The molecule has 29 heavy (non-hydrogen) atoms. The van der Waals surface area contributed by atoms with E-state index in [4.69, 9.17) is 4.98 Å². The van der Waals surface area contributed by atoms with Crippen LogP contribution in [0.1, 0.15) is 34.9 Å². The Bertz CT molecular complexity index is 1230. The third kappa shape index (κ3) is 3.45. The summed E-state index contributed by atoms with van der Waals surface area (Å²) in [6.45, 7) is 5.14. The highest BCUT2D eigenvalue weighted by atomic mass is 32.2. The Hall–Kier alpha value is -2.98. The highest BCUT2D eigenvalue weighted by Crippen LogP contribution is 2.36. The molecular weight excluding hydrogens is 384 g/mol. The average Bonchev–Trinajstić information content (AvgIpc) is 3.24. The lowest BCUT2D eigenvalue weighted by Crippen LogP contribution is -2.25. The summed E-state index contributed by atoms with van der Waals surface area (Å²) in [6, 6.07) is 14.6. The molecule has 3 aromatic rings. The summed E-state index contributed by atoms with van der Waals surface area (Å²) in [4.78, 5) is 11.6. The van der Waals surface area contributed by atoms with Gasteiger partial charge in [-0.05, 0) is 56.0 Å². The molecule has 1 aliphatic rings. The van der Waals surface area contributed by atoms with Crippen molar-refractivity contribution in [3.05, 3.63) is 59.3 Å². The van der Waals surface area contributed by atoms with Gasteiger partial charge < -0.3 is 4.90 Å². The first-order chi connectivity index (χ1) is 13.9. The maximum atomic E-state index is 13.5. The number of benzene rings is 2. The van der Waals surface area contributed by atoms with Crippen molar-refractivity contribution in [2.45, 2.75) is 36.8 Å². The van der Waals surface area contributed by atoms with Gasteiger partial charge in [0.05, 0.1) is 22.0 Å². The molecule has 1 aromatic heterocycles. The minimum absolute atomic E-state index is 0.173. The van der Waals surface area contributed by atoms with Gasteiger partial charge in [-0.25, -0.2) is 18.4 Å². The molecule has 2 heterocycles. The van der Waals surface area contributed by atoms with Gasteiger partial charge in [-0.1, -0.05) is 24.3 Å². The molecule has 1 atom stereocenters. The Labute approximate surface area is 170 Å². The number of aryl methyl sites for hydroxylation is 2. The van der Waals surface area contributed by atoms with Crippen molar-refractivity contribution >= 4 is 26.7 Å². The van der Waals surface area contributed by atoms with E-state index in [0.717, 1.165) is 31.5 Å². The number of rotatable bonds is 4. The van der Waals surface area contributed by atoms with Gasteiger partial charge in [0, 0.05) is 13.1 Å². The van der Waals surface area contributed by atoms with E-state index in [1.807, 2.05) is 42.2 Å². The molecule has 0 spiro atoms. The van der Waals surface area contributed by atoms with Gasteiger partial charge >= 0.3 is 0 Å². The highest BCUT2D eigenvalue weighted by Gasteiger charge is 2.36. The molecule has 0 N–H and O–H groups in total. The molecule has 0 radical (unpaired) electrons. The zero-order valence-electron chi connectivity index (χ0n) is 16.5. The quantitative estimate of drug-likeness (QED) is 0.653. The molecule has 1 saturated heterocycles. The number of nitrogens with zero attached hydrogens (tertiary/aromatic N) is 4. The van der Waals surface area contributed by atoms with Crippen LogP contribution in [0.4, 0.5) is 5.82 Å². The monoisotopic (exact) mass is 406 g/mol. The largest absolute Gasteiger partial charge is 0.355 e. The number of para-hydroxylation sites is 2. The molecule has 1 fully saturated rings. The van der Waals surface area contributed by atoms with Crippen molar-refractivity contribution in [3.8, 4) is 6.07 Å². The molecule has 6 nitrogen and oxygen atoms in total. The van der Waals surface area contributed by atoms with E-state index < -0.39 is 15.1 Å². The van der Waals surface area contributed by atoms with Gasteiger partial charge in [0.25, 0.3) is 0 Å². The fourth-order valence-corrected chi connectivity index (χ4v) is 5.47. The lowest BCUT2D eigenvalue weighted by Gasteiger charge is -2.22. The zero-order chi connectivity index (χ0) is 20.6. The van der Waals surface area contributed by atoms with Gasteiger partial charge in [0.2, 0.25) is 9.84 Å². The van der Waals surface area contributed by atoms with E-state index in [0.29, 0.717) is 22.4 Å². The maximum Gasteiger partial charge on any atom is 0.200 e. The first-order valence-corrected chi connectivity index (χ1v) is 11.2. The van der Waals surface area contributed by atoms with Crippen LogP contribution in [0.25, 0.3) is 11.0 Å². The van der Waals surface area contributed by atoms with Crippen LogP contribution in [-0.4, -0.2) is 31.5 Å². The lowest BCUT2D eigenvalue weighted by molar-refractivity contribution is 0.589. The third-order valence-corrected chi connectivity index (χ3v) is 7.31. The maximum absolute atomic E-state index is 13.5. The third-order valence-electron chi connectivity index (χ3n) is 5.31. The number of anilines is 1. The second-order valence-corrected chi connectivity index (χ2v) is 9.44. The van der Waals surface area contributed by atoms with Crippen LogP contribution in [0.2, 0.25) is 0 Å². The molecule has 0 bridgehead atoms. The van der Waals surface area contributed by atoms with Gasteiger partial charge in [-0.3, -0.25) is 0 Å². The predicted molar refractivity (Wildman–Crippen MR) is 112 cm³/mol. The number of hydrogen-bond acceptors (Lipinski definition) is 6. The minimum atomic E-state index is -3.97. The van der Waals surface area contributed by atoms with Crippen molar-refractivity contribution in [2.75, 3.05) is 18.0 Å². The first kappa shape index (κ1) is 19.3. The summed E-state index contributed by atoms with van der Waals surface area (Å²) in [5.74, 6) is 0.502. The van der Waals surface area contributed by atoms with Gasteiger partial charge in [0.1, 0.15) is 5.69 Å². The van der Waals surface area contributed by atoms with Crippen molar-refractivity contribution in [1.82, 2.24) is 9.97 Å². The van der Waals surface area contributed by atoms with Gasteiger partial charge in [0.15, 0.2) is 11.1 Å². The van der Waals surface area contributed by atoms with E-state index in [2.05, 4.69) is 4.98 Å². The summed E-state index contributed by atoms with van der Waals surface area (Å²) in [5, 5.41) is 8.54. The van der Waals surface area contributed by atoms with Crippen LogP contribution in [-0.2, 0) is 9.84 Å². The van der Waals surface area contributed by atoms with Crippen molar-refractivity contribution in [1.29, 1.82) is 5.26 Å². The summed E-state index contributed by atoms with van der Waals surface area (Å²) in [7, 11) is -3.97. The summed E-state index contributed by atoms with van der Waals surface area (Å²) >= 11 is 0. The summed E-state index contributed by atoms with van der Waals surface area (Å²) < 4.78 is 27.1. The Morgan fingerprint density at radius 1 is 1.03 bits per heavy atom. The SMILES string of the molecule is Cc1ccc(C)c(S(=O)(=O)[C@@H](C#N)c2nc3ccccc3nc2N2CCCC2)c1. The van der Waals surface area contributed by atoms with E-state index >= 15 is 0 Å². The summed E-state index contributed by atoms with van der Waals surface area (Å²) in [5.41, 5.74) is 2.94. The Morgan fingerprint density at radius 3 is 2.34 bits per heavy atom.